The maximum Gasteiger partial charge on any atom is 0.412 e. The van der Waals surface area contributed by atoms with Crippen LogP contribution < -0.4 is 9.80 Å². The average molecular weight is 318 g/mol. The Morgan fingerprint density at radius 1 is 1.45 bits per heavy atom. The minimum absolute atomic E-state index is 0.414. The third kappa shape index (κ3) is 2.76. The van der Waals surface area contributed by atoms with E-state index < -0.39 is 11.7 Å². The van der Waals surface area contributed by atoms with E-state index in [9.17, 15) is 4.79 Å². The van der Waals surface area contributed by atoms with Crippen LogP contribution in [0.5, 0.6) is 0 Å². The monoisotopic (exact) mass is 318 g/mol. The van der Waals surface area contributed by atoms with Gasteiger partial charge in [0.1, 0.15) is 23.4 Å². The van der Waals surface area contributed by atoms with Crippen molar-refractivity contribution in [3.8, 4) is 0 Å². The van der Waals surface area contributed by atoms with Crippen molar-refractivity contribution in [2.75, 3.05) is 11.6 Å². The van der Waals surface area contributed by atoms with Gasteiger partial charge < -0.3 is 4.74 Å². The van der Waals surface area contributed by atoms with Gasteiger partial charge in [-0.3, -0.25) is 10.3 Å². The fourth-order valence-corrected chi connectivity index (χ4v) is 3.99. The summed E-state index contributed by atoms with van der Waals surface area (Å²) >= 11 is 1.85. The van der Waals surface area contributed by atoms with Crippen molar-refractivity contribution in [2.45, 2.75) is 26.4 Å². The maximum absolute atomic E-state index is 12.0. The van der Waals surface area contributed by atoms with Crippen LogP contribution in [0.15, 0.2) is 48.2 Å². The van der Waals surface area contributed by atoms with Crippen molar-refractivity contribution in [3.63, 3.8) is 0 Å². The minimum atomic E-state index is -0.503. The summed E-state index contributed by atoms with van der Waals surface area (Å²) in [5.74, 6) is 1.80. The van der Waals surface area contributed by atoms with Crippen LogP contribution in [-0.4, -0.2) is 28.3 Å². The molecule has 22 heavy (non-hydrogen) atoms. The molecule has 1 N–H and O–H groups in total. The first-order chi connectivity index (χ1) is 10.4. The number of ether oxygens (including phenoxy) is 1. The number of fused-ring (bicyclic) bond motifs is 1. The molecule has 3 heterocycles. The molecular formula is C16H20N3O2S+. The summed E-state index contributed by atoms with van der Waals surface area (Å²) in [6, 6.07) is 4.01. The molecule has 0 bridgehead atoms. The summed E-state index contributed by atoms with van der Waals surface area (Å²) in [7, 11) is 0. The second-order valence-corrected chi connectivity index (χ2v) is 7.32. The number of carbonyl (C=O) groups excluding carboxylic acids is 1. The number of pyridine rings is 1. The third-order valence-corrected chi connectivity index (χ3v) is 4.63. The molecule has 1 fully saturated rings. The Morgan fingerprint density at radius 2 is 2.27 bits per heavy atom. The van der Waals surface area contributed by atoms with E-state index in [0.29, 0.717) is 4.48 Å². The zero-order valence-electron chi connectivity index (χ0n) is 13.0. The summed E-state index contributed by atoms with van der Waals surface area (Å²) in [5.41, 5.74) is 2.61. The number of nitrogens with one attached hydrogen (secondary N) is 1. The largest absolute Gasteiger partial charge is 0.444 e. The highest BCUT2D eigenvalue weighted by molar-refractivity contribution is 7.99. The molecule has 1 aromatic heterocycles. The Balaban J connectivity index is 1.86. The van der Waals surface area contributed by atoms with Crippen LogP contribution in [0, 0.1) is 0 Å². The predicted octanol–water partition coefficient (Wildman–Crippen LogP) is 3.36. The molecular weight excluding hydrogens is 298 g/mol. The fraction of sp³-hybridized carbons (Fsp3) is 0.375. The number of carbonyl (C=O) groups is 1. The van der Waals surface area contributed by atoms with E-state index in [1.54, 1.807) is 6.20 Å². The SMILES string of the molecule is CC(C)(C)OC(=O)NC1=C2CSC[N+]2(c2cccnc2)C=C1. The van der Waals surface area contributed by atoms with Crippen molar-refractivity contribution in [2.24, 2.45) is 0 Å². The molecule has 1 atom stereocenters. The highest BCUT2D eigenvalue weighted by Crippen LogP contribution is 2.43. The van der Waals surface area contributed by atoms with Gasteiger partial charge in [0.25, 0.3) is 0 Å². The molecule has 2 aliphatic rings. The van der Waals surface area contributed by atoms with Crippen LogP contribution in [0.25, 0.3) is 0 Å². The normalized spacial score (nSPS) is 23.6. The number of quaternary nitrogens is 1. The van der Waals surface area contributed by atoms with Gasteiger partial charge in [-0.15, -0.1) is 0 Å². The zero-order valence-corrected chi connectivity index (χ0v) is 13.8. The van der Waals surface area contributed by atoms with Gasteiger partial charge in [-0.25, -0.2) is 9.28 Å². The number of hydrogen-bond acceptors (Lipinski definition) is 4. The Morgan fingerprint density at radius 3 is 2.95 bits per heavy atom. The van der Waals surface area contributed by atoms with Crippen LogP contribution in [-0.2, 0) is 4.74 Å². The molecule has 3 rings (SSSR count). The van der Waals surface area contributed by atoms with Crippen molar-refractivity contribution in [3.05, 3.63) is 48.2 Å². The van der Waals surface area contributed by atoms with Crippen molar-refractivity contribution >= 4 is 23.5 Å². The molecule has 5 nitrogen and oxygen atoms in total. The number of nitrogens with zero attached hydrogens (tertiary/aromatic N) is 2. The number of alkyl carbamates (subject to hydrolysis) is 1. The molecule has 2 aliphatic heterocycles. The first kappa shape index (κ1) is 15.1. The molecule has 1 amide bonds. The average Bonchev–Trinajstić information content (AvgIpc) is 2.99. The fourth-order valence-electron chi connectivity index (χ4n) is 2.64. The first-order valence-electron chi connectivity index (χ1n) is 7.20. The lowest BCUT2D eigenvalue weighted by Gasteiger charge is -2.26. The van der Waals surface area contributed by atoms with E-state index >= 15 is 0 Å². The smallest absolute Gasteiger partial charge is 0.412 e. The zero-order chi connectivity index (χ0) is 15.8. The molecule has 1 saturated heterocycles. The first-order valence-corrected chi connectivity index (χ1v) is 8.35. The lowest BCUT2D eigenvalue weighted by molar-refractivity contribution is 0.0547. The standard InChI is InChI=1S/C16H19N3O2S/c1-16(2,3)21-15(20)18-13-6-8-19(11-22-10-14(13)19)12-5-4-7-17-9-12/h4-9H,10-11H2,1-3H3/p+1. The molecule has 116 valence electrons. The third-order valence-electron chi connectivity index (χ3n) is 3.56. The summed E-state index contributed by atoms with van der Waals surface area (Å²) < 4.78 is 5.97. The highest BCUT2D eigenvalue weighted by atomic mass is 32.2. The van der Waals surface area contributed by atoms with Gasteiger partial charge in [-0.2, -0.15) is 0 Å². The molecule has 0 aromatic carbocycles. The van der Waals surface area contributed by atoms with E-state index in [0.717, 1.165) is 23.0 Å². The van der Waals surface area contributed by atoms with Gasteiger partial charge in [0, 0.05) is 18.3 Å². The van der Waals surface area contributed by atoms with Gasteiger partial charge in [0.05, 0.1) is 11.9 Å². The minimum Gasteiger partial charge on any atom is -0.444 e. The summed E-state index contributed by atoms with van der Waals surface area (Å²) in [5, 5.41) is 2.88. The van der Waals surface area contributed by atoms with Gasteiger partial charge in [0.2, 0.25) is 0 Å². The second kappa shape index (κ2) is 5.44. The molecule has 1 aromatic rings. The van der Waals surface area contributed by atoms with Crippen LogP contribution >= 0.6 is 11.8 Å². The predicted molar refractivity (Wildman–Crippen MR) is 88.9 cm³/mol. The highest BCUT2D eigenvalue weighted by Gasteiger charge is 2.45. The van der Waals surface area contributed by atoms with Crippen LogP contribution in [0.4, 0.5) is 10.5 Å². The van der Waals surface area contributed by atoms with Crippen molar-refractivity contribution in [1.82, 2.24) is 14.8 Å². The lowest BCUT2D eigenvalue weighted by atomic mass is 10.2. The quantitative estimate of drug-likeness (QED) is 0.850. The molecule has 0 spiro atoms. The number of rotatable bonds is 2. The van der Waals surface area contributed by atoms with Crippen LogP contribution in [0.3, 0.4) is 0 Å². The van der Waals surface area contributed by atoms with E-state index in [2.05, 4.69) is 22.6 Å². The topological polar surface area (TPSA) is 51.2 Å². The van der Waals surface area contributed by atoms with Gasteiger partial charge in [-0.05, 0) is 26.8 Å². The molecule has 1 unspecified atom stereocenters. The lowest BCUT2D eigenvalue weighted by Crippen LogP contribution is -2.38. The van der Waals surface area contributed by atoms with Crippen LogP contribution in [0.2, 0.25) is 0 Å². The van der Waals surface area contributed by atoms with Crippen LogP contribution in [0.1, 0.15) is 20.8 Å². The number of hydrogen-bond donors (Lipinski definition) is 1. The number of thioether (sulfide) groups is 1. The van der Waals surface area contributed by atoms with Crippen molar-refractivity contribution in [1.29, 1.82) is 0 Å². The Bertz CT molecular complexity index is 649. The van der Waals surface area contributed by atoms with Gasteiger partial charge in [-0.1, -0.05) is 11.8 Å². The van der Waals surface area contributed by atoms with Crippen molar-refractivity contribution < 1.29 is 9.53 Å². The molecule has 0 aliphatic carbocycles. The number of amides is 1. The number of aromatic nitrogens is 1. The van der Waals surface area contributed by atoms with Gasteiger partial charge in [0.15, 0.2) is 11.4 Å². The second-order valence-electron chi connectivity index (χ2n) is 6.36. The van der Waals surface area contributed by atoms with E-state index in [1.807, 2.05) is 50.9 Å². The maximum atomic E-state index is 12.0. The van der Waals surface area contributed by atoms with E-state index in [-0.39, 0.29) is 0 Å². The van der Waals surface area contributed by atoms with Gasteiger partial charge >= 0.3 is 6.09 Å². The summed E-state index contributed by atoms with van der Waals surface area (Å²) in [6.07, 6.45) is 7.31. The molecule has 0 saturated carbocycles. The molecule has 6 heteroatoms. The Kier molecular flexibility index (Phi) is 3.74. The number of allylic oxidation sites excluding steroid dienone is 1. The van der Waals surface area contributed by atoms with E-state index in [4.69, 9.17) is 4.74 Å². The van der Waals surface area contributed by atoms with E-state index in [1.165, 1.54) is 5.70 Å². The molecule has 0 radical (unpaired) electrons. The summed E-state index contributed by atoms with van der Waals surface area (Å²) in [6.45, 7) is 5.57. The Hall–Kier alpha value is -1.79. The summed E-state index contributed by atoms with van der Waals surface area (Å²) in [4.78, 5) is 16.2. The Labute approximate surface area is 134 Å².